The highest BCUT2D eigenvalue weighted by Gasteiger charge is 2.13. The van der Waals surface area contributed by atoms with Crippen molar-refractivity contribution in [2.45, 2.75) is 18.9 Å². The SMILES string of the molecule is c1cncc(-c2nccc(NC3CCCNC3)n2)c1. The number of hydrogen-bond acceptors (Lipinski definition) is 5. The predicted octanol–water partition coefficient (Wildman–Crippen LogP) is 1.70. The molecule has 0 bridgehead atoms. The van der Waals surface area contributed by atoms with Crippen LogP contribution in [-0.2, 0) is 0 Å². The zero-order chi connectivity index (χ0) is 12.9. The first-order valence-corrected chi connectivity index (χ1v) is 6.62. The summed E-state index contributed by atoms with van der Waals surface area (Å²) in [5, 5.41) is 6.84. The van der Waals surface area contributed by atoms with Gasteiger partial charge in [-0.1, -0.05) is 0 Å². The molecular formula is C14H17N5. The van der Waals surface area contributed by atoms with Gasteiger partial charge in [-0.3, -0.25) is 4.98 Å². The molecule has 2 N–H and O–H groups in total. The molecule has 5 heteroatoms. The van der Waals surface area contributed by atoms with Crippen LogP contribution in [0.25, 0.3) is 11.4 Å². The first-order valence-electron chi connectivity index (χ1n) is 6.62. The van der Waals surface area contributed by atoms with E-state index in [-0.39, 0.29) is 0 Å². The maximum Gasteiger partial charge on any atom is 0.163 e. The zero-order valence-corrected chi connectivity index (χ0v) is 10.7. The lowest BCUT2D eigenvalue weighted by atomic mass is 10.1. The Labute approximate surface area is 112 Å². The lowest BCUT2D eigenvalue weighted by Crippen LogP contribution is -2.38. The molecule has 0 saturated carbocycles. The second kappa shape index (κ2) is 5.75. The Hall–Kier alpha value is -2.01. The van der Waals surface area contributed by atoms with E-state index in [0.29, 0.717) is 11.9 Å². The minimum atomic E-state index is 0.449. The monoisotopic (exact) mass is 255 g/mol. The van der Waals surface area contributed by atoms with E-state index in [0.717, 1.165) is 24.5 Å². The van der Waals surface area contributed by atoms with Crippen molar-refractivity contribution in [2.24, 2.45) is 0 Å². The van der Waals surface area contributed by atoms with E-state index in [2.05, 4.69) is 25.6 Å². The summed E-state index contributed by atoms with van der Waals surface area (Å²) in [6, 6.07) is 6.22. The zero-order valence-electron chi connectivity index (χ0n) is 10.7. The molecule has 1 aliphatic heterocycles. The molecule has 2 aromatic rings. The van der Waals surface area contributed by atoms with Crippen LogP contribution in [0, 0.1) is 0 Å². The molecule has 0 aliphatic carbocycles. The van der Waals surface area contributed by atoms with Crippen molar-refractivity contribution in [3.63, 3.8) is 0 Å². The summed E-state index contributed by atoms with van der Waals surface area (Å²) < 4.78 is 0. The normalized spacial score (nSPS) is 19.1. The van der Waals surface area contributed by atoms with Crippen molar-refractivity contribution < 1.29 is 0 Å². The Morgan fingerprint density at radius 3 is 3.05 bits per heavy atom. The summed E-state index contributed by atoms with van der Waals surface area (Å²) in [5.74, 6) is 1.59. The Morgan fingerprint density at radius 2 is 2.26 bits per heavy atom. The average Bonchev–Trinajstić information content (AvgIpc) is 2.49. The first-order chi connectivity index (χ1) is 9.42. The Kier molecular flexibility index (Phi) is 3.65. The van der Waals surface area contributed by atoms with E-state index in [1.54, 1.807) is 18.6 Å². The molecule has 0 aromatic carbocycles. The lowest BCUT2D eigenvalue weighted by molar-refractivity contribution is 0.479. The number of nitrogens with one attached hydrogen (secondary N) is 2. The maximum absolute atomic E-state index is 4.55. The highest BCUT2D eigenvalue weighted by molar-refractivity contribution is 5.55. The van der Waals surface area contributed by atoms with E-state index < -0.39 is 0 Å². The molecule has 1 saturated heterocycles. The molecule has 3 heterocycles. The van der Waals surface area contributed by atoms with Crippen LogP contribution in [0.15, 0.2) is 36.8 Å². The van der Waals surface area contributed by atoms with Crippen molar-refractivity contribution in [3.05, 3.63) is 36.8 Å². The van der Waals surface area contributed by atoms with E-state index in [1.165, 1.54) is 12.8 Å². The van der Waals surface area contributed by atoms with Gasteiger partial charge in [-0.15, -0.1) is 0 Å². The highest BCUT2D eigenvalue weighted by atomic mass is 15.1. The van der Waals surface area contributed by atoms with Gasteiger partial charge in [-0.05, 0) is 37.6 Å². The van der Waals surface area contributed by atoms with Crippen molar-refractivity contribution in [2.75, 3.05) is 18.4 Å². The highest BCUT2D eigenvalue weighted by Crippen LogP contribution is 2.16. The topological polar surface area (TPSA) is 62.7 Å². The molecule has 1 aliphatic rings. The van der Waals surface area contributed by atoms with E-state index in [4.69, 9.17) is 0 Å². The van der Waals surface area contributed by atoms with Crippen LogP contribution in [0.5, 0.6) is 0 Å². The van der Waals surface area contributed by atoms with Crippen molar-refractivity contribution in [1.82, 2.24) is 20.3 Å². The second-order valence-electron chi connectivity index (χ2n) is 4.69. The third kappa shape index (κ3) is 3.06. The number of rotatable bonds is 3. The van der Waals surface area contributed by atoms with Gasteiger partial charge in [-0.2, -0.15) is 0 Å². The standard InChI is InChI=1S/C14H17N5/c1-3-11(9-15-6-1)14-17-8-5-13(19-14)18-12-4-2-7-16-10-12/h1,3,5-6,8-9,12,16H,2,4,7,10H2,(H,17,18,19). The van der Waals surface area contributed by atoms with Gasteiger partial charge in [-0.25, -0.2) is 9.97 Å². The second-order valence-corrected chi connectivity index (χ2v) is 4.69. The smallest absolute Gasteiger partial charge is 0.163 e. The Morgan fingerprint density at radius 1 is 1.26 bits per heavy atom. The number of aromatic nitrogens is 3. The van der Waals surface area contributed by atoms with Gasteiger partial charge in [0.2, 0.25) is 0 Å². The molecule has 1 fully saturated rings. The fourth-order valence-corrected chi connectivity index (χ4v) is 2.26. The largest absolute Gasteiger partial charge is 0.366 e. The first kappa shape index (κ1) is 12.0. The van der Waals surface area contributed by atoms with Crippen LogP contribution in [-0.4, -0.2) is 34.1 Å². The van der Waals surface area contributed by atoms with Crippen LogP contribution in [0.1, 0.15) is 12.8 Å². The number of anilines is 1. The number of piperidine rings is 1. The molecule has 98 valence electrons. The maximum atomic E-state index is 4.55. The van der Waals surface area contributed by atoms with Crippen LogP contribution in [0.3, 0.4) is 0 Å². The Balaban J connectivity index is 1.76. The van der Waals surface area contributed by atoms with Gasteiger partial charge in [0.1, 0.15) is 5.82 Å². The van der Waals surface area contributed by atoms with E-state index in [9.17, 15) is 0 Å². The van der Waals surface area contributed by atoms with Gasteiger partial charge in [0, 0.05) is 36.7 Å². The minimum absolute atomic E-state index is 0.449. The van der Waals surface area contributed by atoms with Gasteiger partial charge < -0.3 is 10.6 Å². The van der Waals surface area contributed by atoms with Crippen molar-refractivity contribution >= 4 is 5.82 Å². The van der Waals surface area contributed by atoms with Gasteiger partial charge in [0.15, 0.2) is 5.82 Å². The van der Waals surface area contributed by atoms with Gasteiger partial charge >= 0.3 is 0 Å². The number of pyridine rings is 1. The fourth-order valence-electron chi connectivity index (χ4n) is 2.26. The molecule has 3 rings (SSSR count). The molecule has 0 spiro atoms. The van der Waals surface area contributed by atoms with Crippen LogP contribution in [0.2, 0.25) is 0 Å². The molecule has 5 nitrogen and oxygen atoms in total. The molecule has 19 heavy (non-hydrogen) atoms. The molecule has 0 radical (unpaired) electrons. The predicted molar refractivity (Wildman–Crippen MR) is 74.8 cm³/mol. The van der Waals surface area contributed by atoms with Crippen LogP contribution < -0.4 is 10.6 Å². The number of hydrogen-bond donors (Lipinski definition) is 2. The van der Waals surface area contributed by atoms with E-state index in [1.807, 2.05) is 18.2 Å². The molecule has 1 atom stereocenters. The summed E-state index contributed by atoms with van der Waals surface area (Å²) in [6.45, 7) is 2.11. The quantitative estimate of drug-likeness (QED) is 0.874. The van der Waals surface area contributed by atoms with Crippen molar-refractivity contribution in [1.29, 1.82) is 0 Å². The third-order valence-corrected chi connectivity index (χ3v) is 3.22. The summed E-state index contributed by atoms with van der Waals surface area (Å²) in [5.41, 5.74) is 0.938. The summed E-state index contributed by atoms with van der Waals surface area (Å²) in [6.07, 6.45) is 7.70. The molecule has 1 unspecified atom stereocenters. The lowest BCUT2D eigenvalue weighted by Gasteiger charge is -2.24. The minimum Gasteiger partial charge on any atom is -0.366 e. The van der Waals surface area contributed by atoms with Crippen LogP contribution in [0.4, 0.5) is 5.82 Å². The summed E-state index contributed by atoms with van der Waals surface area (Å²) in [7, 11) is 0. The van der Waals surface area contributed by atoms with Crippen LogP contribution >= 0.6 is 0 Å². The van der Waals surface area contributed by atoms with Crippen molar-refractivity contribution in [3.8, 4) is 11.4 Å². The summed E-state index contributed by atoms with van der Waals surface area (Å²) >= 11 is 0. The molecule has 2 aromatic heterocycles. The van der Waals surface area contributed by atoms with E-state index >= 15 is 0 Å². The van der Waals surface area contributed by atoms with Gasteiger partial charge in [0.25, 0.3) is 0 Å². The average molecular weight is 255 g/mol. The Bertz CT molecular complexity index is 522. The molecule has 0 amide bonds. The third-order valence-electron chi connectivity index (χ3n) is 3.22. The van der Waals surface area contributed by atoms with Gasteiger partial charge in [0.05, 0.1) is 0 Å². The summed E-state index contributed by atoms with van der Waals surface area (Å²) in [4.78, 5) is 12.9. The number of nitrogens with zero attached hydrogens (tertiary/aromatic N) is 3. The molecular weight excluding hydrogens is 238 g/mol. The fraction of sp³-hybridized carbons (Fsp3) is 0.357.